The first kappa shape index (κ1) is 28.8. The molecule has 1 saturated heterocycles. The maximum atomic E-state index is 13.1. The van der Waals surface area contributed by atoms with Crippen molar-refractivity contribution in [3.63, 3.8) is 0 Å². The topological polar surface area (TPSA) is 125 Å². The van der Waals surface area contributed by atoms with E-state index in [4.69, 9.17) is 4.74 Å². The van der Waals surface area contributed by atoms with Gasteiger partial charge in [-0.2, -0.15) is 0 Å². The van der Waals surface area contributed by atoms with E-state index in [1.807, 2.05) is 32.9 Å². The minimum atomic E-state index is -1.78. The summed E-state index contributed by atoms with van der Waals surface area (Å²) in [4.78, 5) is 51.0. The normalized spacial score (nSPS) is 14.5. The highest BCUT2D eigenvalue weighted by Crippen LogP contribution is 2.29. The van der Waals surface area contributed by atoms with E-state index < -0.39 is 29.0 Å². The van der Waals surface area contributed by atoms with Crippen molar-refractivity contribution in [3.8, 4) is 0 Å². The summed E-state index contributed by atoms with van der Waals surface area (Å²) in [5.74, 6) is -1.75. The number of nitrogens with zero attached hydrogens (tertiary/aromatic N) is 1. The number of rotatable bonds is 7. The van der Waals surface area contributed by atoms with Crippen molar-refractivity contribution in [2.24, 2.45) is 0 Å². The number of Topliss-reactive ketones (excluding diaryl/α,β-unsaturated/α-hetero) is 1. The van der Waals surface area contributed by atoms with Crippen molar-refractivity contribution in [3.05, 3.63) is 65.2 Å². The maximum Gasteiger partial charge on any atom is 0.407 e. The molecule has 204 valence electrons. The van der Waals surface area contributed by atoms with Gasteiger partial charge in [0, 0.05) is 30.9 Å². The lowest BCUT2D eigenvalue weighted by atomic mass is 9.88. The Bertz CT molecular complexity index is 1190. The van der Waals surface area contributed by atoms with Gasteiger partial charge in [0.15, 0.2) is 0 Å². The largest absolute Gasteiger partial charge is 0.444 e. The summed E-state index contributed by atoms with van der Waals surface area (Å²) in [5.41, 5.74) is 0.534. The van der Waals surface area contributed by atoms with Crippen LogP contribution in [-0.2, 0) is 20.9 Å². The van der Waals surface area contributed by atoms with Crippen LogP contribution in [0.3, 0.4) is 0 Å². The number of carbonyl (C=O) groups excluding carboxylic acids is 4. The van der Waals surface area contributed by atoms with Gasteiger partial charge in [0.05, 0.1) is 0 Å². The third-order valence-electron chi connectivity index (χ3n) is 6.17. The third-order valence-corrected chi connectivity index (χ3v) is 6.17. The Morgan fingerprint density at radius 1 is 0.974 bits per heavy atom. The second-order valence-corrected chi connectivity index (χ2v) is 11.1. The molecular formula is C29H37N3O6. The number of ketones is 1. The molecule has 0 radical (unpaired) electrons. The van der Waals surface area contributed by atoms with Crippen LogP contribution < -0.4 is 10.6 Å². The van der Waals surface area contributed by atoms with Gasteiger partial charge in [0.25, 0.3) is 17.6 Å². The van der Waals surface area contributed by atoms with Crippen molar-refractivity contribution < 1.29 is 29.0 Å². The molecule has 1 aliphatic heterocycles. The lowest BCUT2D eigenvalue weighted by molar-refractivity contribution is -0.144. The predicted octanol–water partition coefficient (Wildman–Crippen LogP) is 4.01. The Morgan fingerprint density at radius 2 is 1.63 bits per heavy atom. The molecule has 3 amide bonds. The van der Waals surface area contributed by atoms with Crippen LogP contribution in [-0.4, -0.2) is 58.0 Å². The molecule has 2 aromatic carbocycles. The highest BCUT2D eigenvalue weighted by Gasteiger charge is 2.31. The van der Waals surface area contributed by atoms with Crippen LogP contribution in [0.25, 0.3) is 0 Å². The maximum absolute atomic E-state index is 13.1. The summed E-state index contributed by atoms with van der Waals surface area (Å²) in [7, 11) is 0. The van der Waals surface area contributed by atoms with E-state index in [1.54, 1.807) is 23.1 Å². The van der Waals surface area contributed by atoms with E-state index >= 15 is 0 Å². The number of anilines is 1. The van der Waals surface area contributed by atoms with Crippen molar-refractivity contribution in [1.82, 2.24) is 10.2 Å². The number of likely N-dealkylation sites (tertiary alicyclic amines) is 1. The molecule has 0 saturated carbocycles. The number of hydrogen-bond acceptors (Lipinski definition) is 6. The van der Waals surface area contributed by atoms with Crippen LogP contribution in [0.1, 0.15) is 74.9 Å². The molecule has 0 aliphatic carbocycles. The smallest absolute Gasteiger partial charge is 0.407 e. The van der Waals surface area contributed by atoms with Crippen molar-refractivity contribution >= 4 is 29.4 Å². The summed E-state index contributed by atoms with van der Waals surface area (Å²) in [6.45, 7) is 9.48. The molecule has 0 atom stereocenters. The second kappa shape index (κ2) is 11.8. The molecule has 1 heterocycles. The van der Waals surface area contributed by atoms with Gasteiger partial charge in [-0.25, -0.2) is 4.79 Å². The Morgan fingerprint density at radius 3 is 2.26 bits per heavy atom. The fourth-order valence-electron chi connectivity index (χ4n) is 4.24. The molecule has 9 heteroatoms. The average molecular weight is 524 g/mol. The standard InChI is InChI=1S/C29H37N3O6/c1-28(2,3)38-27(36)30-18-19-8-6-9-21(16-19)20-12-14-32(15-13-20)26(35)22-10-7-11-23(17-22)31-25(34)24(33)29(4,5)37/h6-11,16-17,20,37H,12-15,18H2,1-5H3,(H,30,36)(H,31,34). The SMILES string of the molecule is CC(C)(C)OC(=O)NCc1cccc(C2CCN(C(=O)c3cccc(NC(=O)C(=O)C(C)(C)O)c3)CC2)c1. The molecule has 3 N–H and O–H groups in total. The highest BCUT2D eigenvalue weighted by molar-refractivity contribution is 6.43. The van der Waals surface area contributed by atoms with E-state index in [1.165, 1.54) is 25.5 Å². The van der Waals surface area contributed by atoms with E-state index in [2.05, 4.69) is 22.8 Å². The lowest BCUT2D eigenvalue weighted by Gasteiger charge is -2.32. The zero-order valence-corrected chi connectivity index (χ0v) is 22.7. The molecule has 1 aliphatic rings. The van der Waals surface area contributed by atoms with Crippen molar-refractivity contribution in [2.75, 3.05) is 18.4 Å². The Hall–Kier alpha value is -3.72. The number of benzene rings is 2. The van der Waals surface area contributed by atoms with Crippen LogP contribution in [0, 0.1) is 0 Å². The minimum absolute atomic E-state index is 0.149. The number of aliphatic hydroxyl groups is 1. The quantitative estimate of drug-likeness (QED) is 0.471. The number of amides is 3. The first-order valence-electron chi connectivity index (χ1n) is 12.8. The first-order valence-corrected chi connectivity index (χ1v) is 12.8. The van der Waals surface area contributed by atoms with Gasteiger partial charge in [-0.05, 0) is 82.7 Å². The van der Waals surface area contributed by atoms with Gasteiger partial charge in [-0.15, -0.1) is 0 Å². The first-order chi connectivity index (χ1) is 17.7. The summed E-state index contributed by atoms with van der Waals surface area (Å²) in [5, 5.41) is 15.0. The van der Waals surface area contributed by atoms with E-state index in [9.17, 15) is 24.3 Å². The zero-order valence-electron chi connectivity index (χ0n) is 22.7. The molecule has 1 fully saturated rings. The molecule has 0 spiro atoms. The average Bonchev–Trinajstić information content (AvgIpc) is 2.85. The fourth-order valence-corrected chi connectivity index (χ4v) is 4.24. The van der Waals surface area contributed by atoms with Gasteiger partial charge in [0.1, 0.15) is 11.2 Å². The molecular weight excluding hydrogens is 486 g/mol. The van der Waals surface area contributed by atoms with Gasteiger partial charge < -0.3 is 25.4 Å². The third kappa shape index (κ3) is 8.14. The van der Waals surface area contributed by atoms with Crippen LogP contribution in [0.15, 0.2) is 48.5 Å². The lowest BCUT2D eigenvalue weighted by Crippen LogP contribution is -2.40. The van der Waals surface area contributed by atoms with Crippen LogP contribution in [0.2, 0.25) is 0 Å². The number of ether oxygens (including phenoxy) is 1. The van der Waals surface area contributed by atoms with Crippen molar-refractivity contribution in [2.45, 2.75) is 71.1 Å². The number of piperidine rings is 1. The van der Waals surface area contributed by atoms with Crippen molar-refractivity contribution in [1.29, 1.82) is 0 Å². The van der Waals surface area contributed by atoms with Crippen LogP contribution >= 0.6 is 0 Å². The van der Waals surface area contributed by atoms with E-state index in [0.717, 1.165) is 18.4 Å². The molecule has 0 unspecified atom stereocenters. The molecule has 9 nitrogen and oxygen atoms in total. The zero-order chi connectivity index (χ0) is 28.1. The Kier molecular flexibility index (Phi) is 8.93. The Labute approximate surface area is 223 Å². The second-order valence-electron chi connectivity index (χ2n) is 11.1. The summed E-state index contributed by atoms with van der Waals surface area (Å²) < 4.78 is 5.29. The number of alkyl carbamates (subject to hydrolysis) is 1. The molecule has 38 heavy (non-hydrogen) atoms. The van der Waals surface area contributed by atoms with Gasteiger partial charge in [-0.1, -0.05) is 30.3 Å². The molecule has 0 aromatic heterocycles. The van der Waals surface area contributed by atoms with Crippen LogP contribution in [0.5, 0.6) is 0 Å². The summed E-state index contributed by atoms with van der Waals surface area (Å²) in [6, 6.07) is 14.5. The molecule has 2 aromatic rings. The van der Waals surface area contributed by atoms with Gasteiger partial charge >= 0.3 is 6.09 Å². The fraction of sp³-hybridized carbons (Fsp3) is 0.448. The Balaban J connectivity index is 1.56. The number of nitrogens with one attached hydrogen (secondary N) is 2. The predicted molar refractivity (Wildman–Crippen MR) is 144 cm³/mol. The summed E-state index contributed by atoms with van der Waals surface area (Å²) in [6.07, 6.45) is 1.14. The number of carbonyl (C=O) groups is 4. The number of hydrogen-bond donors (Lipinski definition) is 3. The molecule has 0 bridgehead atoms. The summed E-state index contributed by atoms with van der Waals surface area (Å²) >= 11 is 0. The highest BCUT2D eigenvalue weighted by atomic mass is 16.6. The van der Waals surface area contributed by atoms with E-state index in [0.29, 0.717) is 36.8 Å². The minimum Gasteiger partial charge on any atom is -0.444 e. The van der Waals surface area contributed by atoms with Gasteiger partial charge in [-0.3, -0.25) is 14.4 Å². The van der Waals surface area contributed by atoms with Gasteiger partial charge in [0.2, 0.25) is 0 Å². The van der Waals surface area contributed by atoms with E-state index in [-0.39, 0.29) is 5.91 Å². The monoisotopic (exact) mass is 523 g/mol. The van der Waals surface area contributed by atoms with Crippen LogP contribution in [0.4, 0.5) is 10.5 Å². The molecule has 3 rings (SSSR count).